The predicted molar refractivity (Wildman–Crippen MR) is 199 cm³/mol. The summed E-state index contributed by atoms with van der Waals surface area (Å²) in [6.45, 7) is 9.08. The third-order valence-electron chi connectivity index (χ3n) is 8.57. The van der Waals surface area contributed by atoms with E-state index >= 15 is 0 Å². The molecule has 0 saturated carbocycles. The molecule has 6 aromatic rings. The minimum atomic E-state index is -1.93. The average Bonchev–Trinajstić information content (AvgIpc) is 3.09. The molecule has 47 heavy (non-hydrogen) atoms. The Bertz CT molecular complexity index is 1860. The van der Waals surface area contributed by atoms with Crippen molar-refractivity contribution in [1.82, 2.24) is 4.98 Å². The summed E-state index contributed by atoms with van der Waals surface area (Å²) >= 11 is -1.93. The van der Waals surface area contributed by atoms with E-state index in [1.165, 1.54) is 32.2 Å². The van der Waals surface area contributed by atoms with E-state index in [-0.39, 0.29) is 25.5 Å². The maximum absolute atomic E-state index is 4.81. The second-order valence-corrected chi connectivity index (χ2v) is 24.2. The molecular weight excluding hydrogens is 807 g/mol. The normalized spacial score (nSPS) is 11.3. The summed E-state index contributed by atoms with van der Waals surface area (Å²) in [6.07, 6.45) is 2.13. The summed E-state index contributed by atoms with van der Waals surface area (Å²) in [5.41, 5.74) is 10.7. The molecule has 5 aromatic carbocycles. The molecule has 0 fully saturated rings. The summed E-state index contributed by atoms with van der Waals surface area (Å²) in [4.78, 5) is 4.81. The zero-order valence-corrected chi connectivity index (χ0v) is 33.1. The molecule has 0 radical (unpaired) electrons. The van der Waals surface area contributed by atoms with Crippen LogP contribution in [-0.4, -0.2) is 18.3 Å². The Hall–Kier alpha value is -3.56. The molecule has 0 aliphatic rings. The maximum atomic E-state index is 4.81. The third kappa shape index (κ3) is 9.08. The van der Waals surface area contributed by atoms with Gasteiger partial charge in [-0.2, -0.15) is 42.5 Å². The van der Waals surface area contributed by atoms with Gasteiger partial charge in [0.25, 0.3) is 0 Å². The van der Waals surface area contributed by atoms with E-state index in [1.807, 2.05) is 36.4 Å². The van der Waals surface area contributed by atoms with Gasteiger partial charge in [0.1, 0.15) is 0 Å². The van der Waals surface area contributed by atoms with Crippen LogP contribution in [0, 0.1) is 18.2 Å². The van der Waals surface area contributed by atoms with Gasteiger partial charge >= 0.3 is 175 Å². The van der Waals surface area contributed by atoms with E-state index in [2.05, 4.69) is 160 Å². The fraction of sp³-hybridized carbons (Fsp3) is 0.205. The molecule has 6 rings (SSSR count). The minimum Gasteiger partial charge on any atom is 3.00 e. The van der Waals surface area contributed by atoms with Crippen LogP contribution in [-0.2, 0) is 25.5 Å². The van der Waals surface area contributed by atoms with Crippen LogP contribution in [0.5, 0.6) is 0 Å². The van der Waals surface area contributed by atoms with Gasteiger partial charge in [-0.1, -0.05) is 44.2 Å². The first-order chi connectivity index (χ1) is 22.0. The Balaban J connectivity index is 0.000000211. The molecule has 0 bridgehead atoms. The van der Waals surface area contributed by atoms with Gasteiger partial charge in [-0.25, -0.2) is 11.1 Å². The first kappa shape index (κ1) is 36.3. The molecule has 1 aromatic heterocycles. The van der Waals surface area contributed by atoms with Crippen molar-refractivity contribution in [2.45, 2.75) is 56.3 Å². The van der Waals surface area contributed by atoms with Crippen molar-refractivity contribution < 1.29 is 20.1 Å². The number of hydrogen-bond acceptors (Lipinski definition) is 1. The van der Waals surface area contributed by atoms with E-state index in [0.717, 1.165) is 22.4 Å². The number of pyridine rings is 1. The van der Waals surface area contributed by atoms with Crippen molar-refractivity contribution in [1.29, 1.82) is 0 Å². The van der Waals surface area contributed by atoms with Crippen LogP contribution in [0.3, 0.4) is 0 Å². The average molecular weight is 852 g/mol. The number of hydrogen-bond donors (Lipinski definition) is 0. The van der Waals surface area contributed by atoms with Gasteiger partial charge in [-0.05, 0) is 11.0 Å². The number of benzene rings is 5. The fourth-order valence-corrected chi connectivity index (χ4v) is 9.26. The van der Waals surface area contributed by atoms with Gasteiger partial charge in [0.05, 0.1) is 0 Å². The van der Waals surface area contributed by atoms with Crippen molar-refractivity contribution in [3.8, 4) is 33.5 Å². The van der Waals surface area contributed by atoms with E-state index < -0.39 is 13.3 Å². The van der Waals surface area contributed by atoms with Crippen LogP contribution < -0.4 is 4.40 Å². The summed E-state index contributed by atoms with van der Waals surface area (Å²) < 4.78 is 1.51. The smallest absolute Gasteiger partial charge is 3.00 e. The molecule has 1 nitrogen and oxygen atoms in total. The van der Waals surface area contributed by atoms with Crippen molar-refractivity contribution in [3.63, 3.8) is 0 Å². The minimum absolute atomic E-state index is 0. The Morgan fingerprint density at radius 3 is 1.85 bits per heavy atom. The Morgan fingerprint density at radius 1 is 0.596 bits per heavy atom. The number of rotatable bonds is 7. The van der Waals surface area contributed by atoms with Crippen molar-refractivity contribution in [3.05, 3.63) is 168 Å². The Kier molecular flexibility index (Phi) is 12.4. The van der Waals surface area contributed by atoms with Crippen molar-refractivity contribution in [2.75, 3.05) is 0 Å². The van der Waals surface area contributed by atoms with Gasteiger partial charge in [0.2, 0.25) is 0 Å². The zero-order chi connectivity index (χ0) is 32.7. The predicted octanol–water partition coefficient (Wildman–Crippen LogP) is 11.2. The monoisotopic (exact) mass is 853 g/mol. The molecule has 0 amide bonds. The molecule has 1 heterocycles. The molecule has 0 unspecified atom stereocenters. The van der Waals surface area contributed by atoms with Gasteiger partial charge in [-0.15, -0.1) is 17.7 Å². The maximum Gasteiger partial charge on any atom is 3.00 e. The van der Waals surface area contributed by atoms with E-state index in [1.54, 1.807) is 0 Å². The van der Waals surface area contributed by atoms with Crippen molar-refractivity contribution >= 4 is 17.7 Å². The molecule has 0 N–H and O–H groups in total. The summed E-state index contributed by atoms with van der Waals surface area (Å²) in [5.74, 6) is 7.82. The van der Waals surface area contributed by atoms with Crippen LogP contribution in [0.25, 0.3) is 33.5 Å². The molecular formula is C44H44GeIrN. The first-order valence-corrected chi connectivity index (χ1v) is 23.5. The first-order valence-electron chi connectivity index (χ1n) is 16.2. The van der Waals surface area contributed by atoms with Gasteiger partial charge in [0.15, 0.2) is 0 Å². The molecule has 0 atom stereocenters. The molecule has 3 heteroatoms. The molecule has 238 valence electrons. The van der Waals surface area contributed by atoms with Crippen LogP contribution in [0.2, 0.25) is 17.3 Å². The Labute approximate surface area is 299 Å². The fourth-order valence-electron chi connectivity index (χ4n) is 5.74. The summed E-state index contributed by atoms with van der Waals surface area (Å²) in [7, 11) is 0. The van der Waals surface area contributed by atoms with Crippen LogP contribution in [0.15, 0.2) is 134 Å². The van der Waals surface area contributed by atoms with Gasteiger partial charge in [-0.3, -0.25) is 0 Å². The Morgan fingerprint density at radius 2 is 1.21 bits per heavy atom. The molecule has 0 aliphatic carbocycles. The quantitative estimate of drug-likeness (QED) is 0.115. The van der Waals surface area contributed by atoms with Gasteiger partial charge in [0, 0.05) is 0 Å². The summed E-state index contributed by atoms with van der Waals surface area (Å²) in [5, 5.41) is 0. The number of nitrogens with zero attached hydrogens (tertiary/aromatic N) is 1. The van der Waals surface area contributed by atoms with Crippen molar-refractivity contribution in [2.24, 2.45) is 0 Å². The van der Waals surface area contributed by atoms with E-state index in [4.69, 9.17) is 4.98 Å². The standard InChI is InChI=1S/C23H26GeN.C21H18.Ir/c1-17(2)21-15-23(25-16-22(21)24(3,4)5)20-13-9-12-19(14-20)18-10-7-6-8-11-18;1-21(2,19-13-7-4-8-14-19)20-15-9-12-18(16-20)17-10-5-3-6-11-17;/h6-12,14-17H,1-5H3;3-10,13-16H,1-2H3;/q-1;-2;+3. The molecule has 0 spiro atoms. The third-order valence-corrected chi connectivity index (χ3v) is 12.8. The van der Waals surface area contributed by atoms with E-state index in [0.29, 0.717) is 5.92 Å². The zero-order valence-electron chi connectivity index (χ0n) is 28.6. The molecule has 0 aliphatic heterocycles. The van der Waals surface area contributed by atoms with E-state index in [9.17, 15) is 0 Å². The second kappa shape index (κ2) is 16.0. The SMILES string of the molecule is CC(C)(c1ccccc1)c1cc[c-]c(-c2[c-]cccc2)c1.CC(C)c1cc(-c2[c-]ccc(-c3ccccc3)c2)nc[c]1[Ge]([CH3])([CH3])[CH3].[Ir+3]. The second-order valence-electron chi connectivity index (χ2n) is 13.7. The van der Waals surface area contributed by atoms with Crippen LogP contribution in [0.1, 0.15) is 50.3 Å². The molecule has 0 saturated heterocycles. The largest absolute Gasteiger partial charge is 3.00 e. The van der Waals surface area contributed by atoms with Crippen LogP contribution >= 0.6 is 0 Å². The van der Waals surface area contributed by atoms with Gasteiger partial charge < -0.3 is 0 Å². The topological polar surface area (TPSA) is 12.9 Å². The summed E-state index contributed by atoms with van der Waals surface area (Å²) in [6, 6.07) is 54.1. The van der Waals surface area contributed by atoms with Crippen LogP contribution in [0.4, 0.5) is 0 Å². The number of aromatic nitrogens is 1.